The first-order chi connectivity index (χ1) is 12.3. The van der Waals surface area contributed by atoms with Crippen molar-refractivity contribution in [2.24, 2.45) is 4.99 Å². The topological polar surface area (TPSA) is 73.8 Å². The van der Waals surface area contributed by atoms with Crippen LogP contribution in [0.5, 0.6) is 0 Å². The lowest BCUT2D eigenvalue weighted by Gasteiger charge is -2.21. The number of nitrogens with zero attached hydrogens (tertiary/aromatic N) is 2. The first kappa shape index (κ1) is 26.5. The van der Waals surface area contributed by atoms with Gasteiger partial charge < -0.3 is 10.6 Å². The zero-order valence-electron chi connectivity index (χ0n) is 16.9. The molecule has 0 saturated heterocycles. The number of benzene rings is 1. The maximum absolute atomic E-state index is 12.5. The Bertz CT molecular complexity index is 664. The predicted molar refractivity (Wildman–Crippen MR) is 128 cm³/mol. The molecule has 0 aliphatic rings. The lowest BCUT2D eigenvalue weighted by molar-refractivity contribution is 0.410. The Kier molecular flexibility index (Phi) is 13.4. The molecule has 0 fully saturated rings. The third-order valence-corrected chi connectivity index (χ3v) is 6.82. The number of guanidine groups is 1. The molecule has 6 nitrogen and oxygen atoms in total. The largest absolute Gasteiger partial charge is 0.356 e. The number of hydrogen-bond donors (Lipinski definition) is 2. The number of sulfonamides is 1. The summed E-state index contributed by atoms with van der Waals surface area (Å²) < 4.78 is 26.3. The van der Waals surface area contributed by atoms with Crippen molar-refractivity contribution in [3.05, 3.63) is 29.8 Å². The first-order valence-electron chi connectivity index (χ1n) is 8.83. The molecule has 0 radical (unpaired) electrons. The molecule has 0 aliphatic carbocycles. The molecule has 0 saturated carbocycles. The fraction of sp³-hybridized carbons (Fsp3) is 0.611. The maximum atomic E-state index is 12.5. The molecule has 0 aliphatic heterocycles. The summed E-state index contributed by atoms with van der Waals surface area (Å²) in [6.07, 6.45) is 4.41. The molecule has 156 valence electrons. The summed E-state index contributed by atoms with van der Waals surface area (Å²) in [5.74, 6) is 1.93. The summed E-state index contributed by atoms with van der Waals surface area (Å²) in [6.45, 7) is 5.19. The van der Waals surface area contributed by atoms with Crippen molar-refractivity contribution in [1.82, 2.24) is 14.9 Å². The average molecular weight is 529 g/mol. The van der Waals surface area contributed by atoms with Gasteiger partial charge in [-0.1, -0.05) is 12.1 Å². The molecule has 0 unspecified atom stereocenters. The Labute approximate surface area is 186 Å². The zero-order valence-corrected chi connectivity index (χ0v) is 20.8. The number of aliphatic imine (C=N–C) groups is 1. The van der Waals surface area contributed by atoms with Crippen LogP contribution >= 0.6 is 35.7 Å². The van der Waals surface area contributed by atoms with E-state index in [-0.39, 0.29) is 30.0 Å². The molecule has 0 amide bonds. The van der Waals surface area contributed by atoms with Gasteiger partial charge in [0.15, 0.2) is 5.96 Å². The van der Waals surface area contributed by atoms with Crippen LogP contribution in [0.2, 0.25) is 0 Å². The first-order valence-corrected chi connectivity index (χ1v) is 11.7. The van der Waals surface area contributed by atoms with E-state index in [1.165, 1.54) is 16.5 Å². The third-order valence-electron chi connectivity index (χ3n) is 4.08. The van der Waals surface area contributed by atoms with Crippen LogP contribution in [0.4, 0.5) is 0 Å². The van der Waals surface area contributed by atoms with Crippen molar-refractivity contribution in [2.45, 2.75) is 44.2 Å². The summed E-state index contributed by atoms with van der Waals surface area (Å²) in [4.78, 5) is 4.52. The molecule has 0 aromatic heterocycles. The predicted octanol–water partition coefficient (Wildman–Crippen LogP) is 3.14. The van der Waals surface area contributed by atoms with E-state index in [0.29, 0.717) is 11.4 Å². The highest BCUT2D eigenvalue weighted by Gasteiger charge is 2.22. The van der Waals surface area contributed by atoms with Gasteiger partial charge in [-0.25, -0.2) is 8.42 Å². The number of nitrogens with one attached hydrogen (secondary N) is 2. The number of rotatable bonds is 10. The highest BCUT2D eigenvalue weighted by atomic mass is 127. The van der Waals surface area contributed by atoms with Crippen molar-refractivity contribution in [3.63, 3.8) is 0 Å². The van der Waals surface area contributed by atoms with E-state index in [4.69, 9.17) is 0 Å². The molecule has 0 bridgehead atoms. The van der Waals surface area contributed by atoms with Crippen LogP contribution in [0.1, 0.15) is 32.3 Å². The van der Waals surface area contributed by atoms with Crippen LogP contribution in [0, 0.1) is 0 Å². The van der Waals surface area contributed by atoms with E-state index >= 15 is 0 Å². The van der Waals surface area contributed by atoms with E-state index < -0.39 is 10.0 Å². The molecule has 2 N–H and O–H groups in total. The van der Waals surface area contributed by atoms with Crippen molar-refractivity contribution in [1.29, 1.82) is 0 Å². The molecule has 0 spiro atoms. The quantitative estimate of drug-likeness (QED) is 0.211. The Morgan fingerprint density at radius 2 is 1.81 bits per heavy atom. The second-order valence-corrected chi connectivity index (χ2v) is 9.29. The van der Waals surface area contributed by atoms with Crippen LogP contribution in [0.25, 0.3) is 0 Å². The van der Waals surface area contributed by atoms with E-state index in [2.05, 4.69) is 21.9 Å². The van der Waals surface area contributed by atoms with Gasteiger partial charge in [0, 0.05) is 33.2 Å². The van der Waals surface area contributed by atoms with Crippen LogP contribution in [-0.4, -0.2) is 57.4 Å². The Balaban J connectivity index is 0.00000676. The highest BCUT2D eigenvalue weighted by molar-refractivity contribution is 14.0. The lowest BCUT2D eigenvalue weighted by Crippen LogP contribution is -2.37. The van der Waals surface area contributed by atoms with Gasteiger partial charge in [-0.2, -0.15) is 16.1 Å². The van der Waals surface area contributed by atoms with Crippen molar-refractivity contribution in [2.75, 3.05) is 32.6 Å². The van der Waals surface area contributed by atoms with E-state index in [0.717, 1.165) is 24.5 Å². The van der Waals surface area contributed by atoms with Crippen molar-refractivity contribution < 1.29 is 8.42 Å². The zero-order chi connectivity index (χ0) is 19.6. The number of thioether (sulfide) groups is 1. The van der Waals surface area contributed by atoms with Gasteiger partial charge in [-0.3, -0.25) is 4.99 Å². The minimum absolute atomic E-state index is 0. The van der Waals surface area contributed by atoms with E-state index in [9.17, 15) is 8.42 Å². The SMILES string of the molecule is CN=C(NCCCCSC)NCc1ccc(S(=O)(=O)N(C)C(C)C)cc1.I. The smallest absolute Gasteiger partial charge is 0.243 e. The van der Waals surface area contributed by atoms with E-state index in [1.807, 2.05) is 37.7 Å². The van der Waals surface area contributed by atoms with Crippen LogP contribution in [0.3, 0.4) is 0 Å². The summed E-state index contributed by atoms with van der Waals surface area (Å²) in [5, 5.41) is 6.54. The van der Waals surface area contributed by atoms with Gasteiger partial charge in [0.05, 0.1) is 4.90 Å². The summed E-state index contributed by atoms with van der Waals surface area (Å²) >= 11 is 1.86. The molecule has 1 aromatic rings. The van der Waals surface area contributed by atoms with Gasteiger partial charge in [-0.05, 0) is 56.4 Å². The van der Waals surface area contributed by atoms with Gasteiger partial charge in [-0.15, -0.1) is 24.0 Å². The minimum Gasteiger partial charge on any atom is -0.356 e. The minimum atomic E-state index is -3.44. The summed E-state index contributed by atoms with van der Waals surface area (Å²) in [7, 11) is -0.0894. The van der Waals surface area contributed by atoms with Crippen molar-refractivity contribution in [3.8, 4) is 0 Å². The van der Waals surface area contributed by atoms with Crippen LogP contribution in [0.15, 0.2) is 34.2 Å². The fourth-order valence-electron chi connectivity index (χ4n) is 2.21. The van der Waals surface area contributed by atoms with Crippen LogP contribution < -0.4 is 10.6 Å². The molecule has 0 atom stereocenters. The van der Waals surface area contributed by atoms with Gasteiger partial charge in [0.1, 0.15) is 0 Å². The average Bonchev–Trinajstić information content (AvgIpc) is 2.63. The fourth-order valence-corrected chi connectivity index (χ4v) is 4.07. The van der Waals surface area contributed by atoms with Gasteiger partial charge >= 0.3 is 0 Å². The Hall–Kier alpha value is -0.520. The molecule has 27 heavy (non-hydrogen) atoms. The lowest BCUT2D eigenvalue weighted by atomic mass is 10.2. The normalized spacial score (nSPS) is 12.2. The Morgan fingerprint density at radius 3 is 2.33 bits per heavy atom. The number of unbranched alkanes of at least 4 members (excludes halogenated alkanes) is 1. The standard InChI is InChI=1S/C18H32N4O2S2.HI/c1-15(2)22(4)26(23,24)17-10-8-16(9-11-17)14-21-18(19-3)20-12-6-7-13-25-5;/h8-11,15H,6-7,12-14H2,1-5H3,(H2,19,20,21);1H. The molecular weight excluding hydrogens is 495 g/mol. The molecule has 1 rings (SSSR count). The molecule has 0 heterocycles. The molecule has 9 heteroatoms. The highest BCUT2D eigenvalue weighted by Crippen LogP contribution is 2.17. The third kappa shape index (κ3) is 9.01. The molecular formula is C18H33IN4O2S2. The van der Waals surface area contributed by atoms with Crippen molar-refractivity contribution >= 4 is 51.7 Å². The number of hydrogen-bond acceptors (Lipinski definition) is 4. The Morgan fingerprint density at radius 1 is 1.19 bits per heavy atom. The second kappa shape index (κ2) is 13.6. The van der Waals surface area contributed by atoms with Crippen LogP contribution in [-0.2, 0) is 16.6 Å². The second-order valence-electron chi connectivity index (χ2n) is 6.31. The van der Waals surface area contributed by atoms with Gasteiger partial charge in [0.25, 0.3) is 0 Å². The number of halogens is 1. The summed E-state index contributed by atoms with van der Waals surface area (Å²) in [5.41, 5.74) is 1.00. The monoisotopic (exact) mass is 528 g/mol. The molecule has 1 aromatic carbocycles. The van der Waals surface area contributed by atoms with E-state index in [1.54, 1.807) is 26.2 Å². The summed E-state index contributed by atoms with van der Waals surface area (Å²) in [6, 6.07) is 6.90. The maximum Gasteiger partial charge on any atom is 0.243 e. The van der Waals surface area contributed by atoms with Gasteiger partial charge in [0.2, 0.25) is 10.0 Å².